The molecule has 0 spiro atoms. The lowest BCUT2D eigenvalue weighted by Crippen LogP contribution is -2.44. The number of sulfonamides is 1. The molecule has 1 aromatic heterocycles. The molecule has 0 aliphatic carbocycles. The number of carbonyl (C=O) groups is 2. The first-order chi connectivity index (χ1) is 16.1. The molecule has 0 aliphatic rings. The van der Waals surface area contributed by atoms with E-state index >= 15 is 0 Å². The van der Waals surface area contributed by atoms with Gasteiger partial charge in [-0.05, 0) is 61.0 Å². The first-order valence-electron chi connectivity index (χ1n) is 10.2. The van der Waals surface area contributed by atoms with Gasteiger partial charge in [0.05, 0.1) is 17.1 Å². The number of carbonyl (C=O) groups excluding carboxylic acids is 2. The van der Waals surface area contributed by atoms with E-state index in [-0.39, 0.29) is 23.1 Å². The average Bonchev–Trinajstić information content (AvgIpc) is 2.79. The van der Waals surface area contributed by atoms with Crippen molar-refractivity contribution in [3.8, 4) is 11.5 Å². The smallest absolute Gasteiger partial charge is 0.241 e. The summed E-state index contributed by atoms with van der Waals surface area (Å²) in [6, 6.07) is 12.0. The molecular weight excluding hydrogens is 463 g/mol. The molecular formula is C23H23FN4O5S. The summed E-state index contributed by atoms with van der Waals surface area (Å²) in [5, 5.41) is 5.11. The lowest BCUT2D eigenvalue weighted by molar-refractivity contribution is -0.122. The van der Waals surface area contributed by atoms with E-state index in [1.54, 1.807) is 24.4 Å². The Morgan fingerprint density at radius 3 is 2.47 bits per heavy atom. The number of benzene rings is 2. The van der Waals surface area contributed by atoms with Crippen molar-refractivity contribution < 1.29 is 27.1 Å². The van der Waals surface area contributed by atoms with E-state index in [1.807, 2.05) is 0 Å². The number of hydrogen-bond acceptors (Lipinski definition) is 6. The van der Waals surface area contributed by atoms with E-state index in [0.717, 1.165) is 0 Å². The fraction of sp³-hybridized carbons (Fsp3) is 0.174. The van der Waals surface area contributed by atoms with Crippen molar-refractivity contribution in [2.24, 2.45) is 0 Å². The largest absolute Gasteiger partial charge is 0.453 e. The van der Waals surface area contributed by atoms with Crippen LogP contribution in [-0.4, -0.2) is 31.3 Å². The van der Waals surface area contributed by atoms with Crippen LogP contribution in [0.4, 0.5) is 10.1 Å². The summed E-state index contributed by atoms with van der Waals surface area (Å²) in [4.78, 5) is 27.3. The zero-order valence-electron chi connectivity index (χ0n) is 18.4. The predicted octanol–water partition coefficient (Wildman–Crippen LogP) is 2.95. The van der Waals surface area contributed by atoms with Crippen molar-refractivity contribution in [1.29, 1.82) is 0 Å². The molecule has 0 aliphatic heterocycles. The number of aromatic nitrogens is 1. The molecule has 0 saturated carbocycles. The number of halogens is 1. The average molecular weight is 487 g/mol. The highest BCUT2D eigenvalue weighted by Crippen LogP contribution is 2.24. The Bertz CT molecular complexity index is 1270. The van der Waals surface area contributed by atoms with Gasteiger partial charge in [0.15, 0.2) is 11.6 Å². The third-order valence-corrected chi connectivity index (χ3v) is 6.09. The maximum atomic E-state index is 14.4. The number of ether oxygens (including phenoxy) is 1. The van der Waals surface area contributed by atoms with Gasteiger partial charge in [-0.15, -0.1) is 0 Å². The predicted molar refractivity (Wildman–Crippen MR) is 123 cm³/mol. The van der Waals surface area contributed by atoms with E-state index < -0.39 is 27.8 Å². The Balaban J connectivity index is 1.56. The summed E-state index contributed by atoms with van der Waals surface area (Å²) in [6.07, 6.45) is 3.02. The standard InChI is InChI=1S/C23H23FN4O5S/c1-15(28-34(31,32)20-8-6-18(7-9-20)27-16(2)29)23(30)26-13-17-5-10-22(21(24)12-17)33-19-4-3-11-25-14-19/h3-12,14-15,28H,13H2,1-2H3,(H,26,30)(H,27,29)/t15-/m0/s1. The Morgan fingerprint density at radius 1 is 1.12 bits per heavy atom. The van der Waals surface area contributed by atoms with Crippen LogP contribution in [0.3, 0.4) is 0 Å². The Morgan fingerprint density at radius 2 is 1.85 bits per heavy atom. The summed E-state index contributed by atoms with van der Waals surface area (Å²) in [5.41, 5.74) is 0.911. The normalized spacial score (nSPS) is 12.0. The molecule has 0 unspecified atom stereocenters. The van der Waals surface area contributed by atoms with Gasteiger partial charge < -0.3 is 15.4 Å². The Kier molecular flexibility index (Phi) is 7.92. The molecule has 178 valence electrons. The fourth-order valence-corrected chi connectivity index (χ4v) is 4.09. The number of nitrogens with zero attached hydrogens (tertiary/aromatic N) is 1. The van der Waals surface area contributed by atoms with Gasteiger partial charge in [0.2, 0.25) is 21.8 Å². The maximum Gasteiger partial charge on any atom is 0.241 e. The first-order valence-corrected chi connectivity index (χ1v) is 11.7. The van der Waals surface area contributed by atoms with Crippen LogP contribution in [0.2, 0.25) is 0 Å². The van der Waals surface area contributed by atoms with Crippen molar-refractivity contribution >= 4 is 27.5 Å². The van der Waals surface area contributed by atoms with Crippen LogP contribution in [-0.2, 0) is 26.2 Å². The number of amides is 2. The van der Waals surface area contributed by atoms with Gasteiger partial charge in [0, 0.05) is 25.4 Å². The van der Waals surface area contributed by atoms with Gasteiger partial charge in [0.25, 0.3) is 0 Å². The monoisotopic (exact) mass is 486 g/mol. The fourth-order valence-electron chi connectivity index (χ4n) is 2.89. The third kappa shape index (κ3) is 6.83. The second-order valence-electron chi connectivity index (χ2n) is 7.32. The minimum Gasteiger partial charge on any atom is -0.453 e. The minimum absolute atomic E-state index is 0.00808. The minimum atomic E-state index is -3.98. The van der Waals surface area contributed by atoms with E-state index in [4.69, 9.17) is 4.74 Å². The van der Waals surface area contributed by atoms with E-state index in [9.17, 15) is 22.4 Å². The van der Waals surface area contributed by atoms with Gasteiger partial charge in [-0.1, -0.05) is 6.07 Å². The quantitative estimate of drug-likeness (QED) is 0.427. The first kappa shape index (κ1) is 24.8. The number of nitrogens with one attached hydrogen (secondary N) is 3. The molecule has 11 heteroatoms. The number of rotatable bonds is 9. The van der Waals surface area contributed by atoms with Crippen molar-refractivity contribution in [2.75, 3.05) is 5.32 Å². The third-order valence-electron chi connectivity index (χ3n) is 4.54. The van der Waals surface area contributed by atoms with Crippen LogP contribution >= 0.6 is 0 Å². The van der Waals surface area contributed by atoms with Crippen LogP contribution in [0, 0.1) is 5.82 Å². The lowest BCUT2D eigenvalue weighted by Gasteiger charge is -2.15. The zero-order chi connectivity index (χ0) is 24.7. The second kappa shape index (κ2) is 10.9. The van der Waals surface area contributed by atoms with Gasteiger partial charge in [-0.2, -0.15) is 4.72 Å². The summed E-state index contributed by atoms with van der Waals surface area (Å²) >= 11 is 0. The molecule has 0 saturated heterocycles. The Labute approximate surface area is 196 Å². The molecule has 0 bridgehead atoms. The van der Waals surface area contributed by atoms with Gasteiger partial charge >= 0.3 is 0 Å². The van der Waals surface area contributed by atoms with Gasteiger partial charge in [-0.25, -0.2) is 12.8 Å². The van der Waals surface area contributed by atoms with Crippen LogP contribution in [0.1, 0.15) is 19.4 Å². The summed E-state index contributed by atoms with van der Waals surface area (Å²) in [6.45, 7) is 2.72. The molecule has 2 amide bonds. The maximum absolute atomic E-state index is 14.4. The molecule has 3 aromatic rings. The van der Waals surface area contributed by atoms with E-state index in [2.05, 4.69) is 20.3 Å². The van der Waals surface area contributed by atoms with E-state index in [0.29, 0.717) is 17.0 Å². The summed E-state index contributed by atoms with van der Waals surface area (Å²) in [5.74, 6) is -1.10. The Hall–Kier alpha value is -3.83. The molecule has 0 radical (unpaired) electrons. The van der Waals surface area contributed by atoms with Crippen molar-refractivity contribution in [3.05, 3.63) is 78.4 Å². The van der Waals surface area contributed by atoms with Crippen LogP contribution in [0.15, 0.2) is 71.9 Å². The topological polar surface area (TPSA) is 126 Å². The molecule has 0 fully saturated rings. The molecule has 3 rings (SSSR count). The molecule has 3 N–H and O–H groups in total. The molecule has 9 nitrogen and oxygen atoms in total. The molecule has 1 atom stereocenters. The number of pyridine rings is 1. The van der Waals surface area contributed by atoms with Crippen molar-refractivity contribution in [2.45, 2.75) is 31.3 Å². The number of anilines is 1. The van der Waals surface area contributed by atoms with Gasteiger partial charge in [0.1, 0.15) is 5.75 Å². The van der Waals surface area contributed by atoms with Crippen LogP contribution in [0.25, 0.3) is 0 Å². The van der Waals surface area contributed by atoms with Crippen LogP contribution in [0.5, 0.6) is 11.5 Å². The zero-order valence-corrected chi connectivity index (χ0v) is 19.2. The lowest BCUT2D eigenvalue weighted by atomic mass is 10.2. The van der Waals surface area contributed by atoms with Crippen molar-refractivity contribution in [1.82, 2.24) is 15.0 Å². The highest BCUT2D eigenvalue weighted by atomic mass is 32.2. The SMILES string of the molecule is CC(=O)Nc1ccc(S(=O)(=O)N[C@@H](C)C(=O)NCc2ccc(Oc3cccnc3)c(F)c2)cc1. The molecule has 2 aromatic carbocycles. The van der Waals surface area contributed by atoms with Crippen molar-refractivity contribution in [3.63, 3.8) is 0 Å². The van der Waals surface area contributed by atoms with Gasteiger partial charge in [-0.3, -0.25) is 14.6 Å². The number of hydrogen-bond donors (Lipinski definition) is 3. The van der Waals surface area contributed by atoms with Crippen LogP contribution < -0.4 is 20.1 Å². The molecule has 1 heterocycles. The summed E-state index contributed by atoms with van der Waals surface area (Å²) in [7, 11) is -3.98. The summed E-state index contributed by atoms with van der Waals surface area (Å²) < 4.78 is 47.2. The highest BCUT2D eigenvalue weighted by Gasteiger charge is 2.22. The van der Waals surface area contributed by atoms with E-state index in [1.165, 1.54) is 56.4 Å². The second-order valence-corrected chi connectivity index (χ2v) is 9.04. The molecule has 34 heavy (non-hydrogen) atoms. The highest BCUT2D eigenvalue weighted by molar-refractivity contribution is 7.89.